The Bertz CT molecular complexity index is 750. The summed E-state index contributed by atoms with van der Waals surface area (Å²) < 4.78 is 6.43. The van der Waals surface area contributed by atoms with E-state index in [1.54, 1.807) is 0 Å². The van der Waals surface area contributed by atoms with Crippen LogP contribution in [0.4, 0.5) is 0 Å². The maximum Gasteiger partial charge on any atom is 0.0875 e. The largest absolute Gasteiger partial charge is 0.371 e. The van der Waals surface area contributed by atoms with Crippen molar-refractivity contribution >= 4 is 0 Å². The number of hydrogen-bond donors (Lipinski definition) is 1. The number of ether oxygens (including phenoxy) is 1. The molecule has 1 aliphatic heterocycles. The van der Waals surface area contributed by atoms with Gasteiger partial charge in [-0.1, -0.05) is 58.9 Å². The van der Waals surface area contributed by atoms with Gasteiger partial charge in [-0.2, -0.15) is 0 Å². The second kappa shape index (κ2) is 11.0. The van der Waals surface area contributed by atoms with Crippen molar-refractivity contribution in [3.63, 3.8) is 0 Å². The molecule has 4 heteroatoms. The van der Waals surface area contributed by atoms with Crippen LogP contribution in [0.25, 0.3) is 0 Å². The molecular formula is C30H55N3O. The van der Waals surface area contributed by atoms with E-state index in [0.717, 1.165) is 25.9 Å². The van der Waals surface area contributed by atoms with Gasteiger partial charge in [-0.3, -0.25) is 9.80 Å². The zero-order valence-corrected chi connectivity index (χ0v) is 24.3. The lowest BCUT2D eigenvalue weighted by Crippen LogP contribution is -2.56. The summed E-state index contributed by atoms with van der Waals surface area (Å²) in [5.74, 6) is 0. The van der Waals surface area contributed by atoms with Crippen molar-refractivity contribution in [1.29, 1.82) is 0 Å². The fourth-order valence-corrected chi connectivity index (χ4v) is 5.11. The smallest absolute Gasteiger partial charge is 0.0875 e. The van der Waals surface area contributed by atoms with E-state index in [2.05, 4.69) is 110 Å². The Kier molecular flexibility index (Phi) is 9.46. The molecule has 0 saturated carbocycles. The van der Waals surface area contributed by atoms with Gasteiger partial charge >= 0.3 is 0 Å². The molecule has 196 valence electrons. The minimum atomic E-state index is -0.333. The van der Waals surface area contributed by atoms with Gasteiger partial charge in [0.2, 0.25) is 0 Å². The highest BCUT2D eigenvalue weighted by Crippen LogP contribution is 2.38. The quantitative estimate of drug-likeness (QED) is 0.441. The topological polar surface area (TPSA) is 41.7 Å². The Hall–Kier alpha value is -0.940. The molecule has 1 aliphatic rings. The lowest BCUT2D eigenvalue weighted by Gasteiger charge is -2.47. The summed E-state index contributed by atoms with van der Waals surface area (Å²) in [6.07, 6.45) is 1.94. The molecule has 0 radical (unpaired) electrons. The van der Waals surface area contributed by atoms with Gasteiger partial charge in [0.1, 0.15) is 0 Å². The van der Waals surface area contributed by atoms with E-state index in [9.17, 15) is 0 Å². The van der Waals surface area contributed by atoms with Crippen molar-refractivity contribution < 1.29 is 4.74 Å². The van der Waals surface area contributed by atoms with Crippen LogP contribution in [0.15, 0.2) is 24.3 Å². The SMILES string of the molecule is CC(C)N1CCN(C(C)CC(C)(C)C(C)(N)CCOC(C)(C)c2ccc(C(C)(C)C)cc2)CC1. The van der Waals surface area contributed by atoms with Crippen LogP contribution >= 0.6 is 0 Å². The van der Waals surface area contributed by atoms with Crippen LogP contribution in [-0.4, -0.2) is 60.2 Å². The van der Waals surface area contributed by atoms with E-state index in [0.29, 0.717) is 18.7 Å². The molecule has 0 bridgehead atoms. The van der Waals surface area contributed by atoms with Gasteiger partial charge < -0.3 is 10.5 Å². The third-order valence-electron chi connectivity index (χ3n) is 8.58. The van der Waals surface area contributed by atoms with Crippen molar-refractivity contribution in [2.45, 2.75) is 118 Å². The fraction of sp³-hybridized carbons (Fsp3) is 0.800. The van der Waals surface area contributed by atoms with Gasteiger partial charge in [-0.15, -0.1) is 0 Å². The molecule has 4 nitrogen and oxygen atoms in total. The highest BCUT2D eigenvalue weighted by molar-refractivity contribution is 5.30. The monoisotopic (exact) mass is 473 g/mol. The average Bonchev–Trinajstić information content (AvgIpc) is 2.72. The van der Waals surface area contributed by atoms with Crippen molar-refractivity contribution in [3.05, 3.63) is 35.4 Å². The van der Waals surface area contributed by atoms with Crippen LogP contribution in [0.1, 0.15) is 100 Å². The minimum Gasteiger partial charge on any atom is -0.371 e. The Balaban J connectivity index is 1.91. The van der Waals surface area contributed by atoms with E-state index in [1.807, 2.05) is 0 Å². The molecule has 1 fully saturated rings. The maximum absolute atomic E-state index is 6.96. The second-order valence-electron chi connectivity index (χ2n) is 13.5. The number of nitrogens with two attached hydrogens (primary N) is 1. The first-order valence-electron chi connectivity index (χ1n) is 13.5. The Labute approximate surface area is 211 Å². The van der Waals surface area contributed by atoms with Crippen LogP contribution in [0.3, 0.4) is 0 Å². The summed E-state index contributed by atoms with van der Waals surface area (Å²) in [6, 6.07) is 10.1. The maximum atomic E-state index is 6.96. The minimum absolute atomic E-state index is 0.0173. The summed E-state index contributed by atoms with van der Waals surface area (Å²) >= 11 is 0. The number of rotatable bonds is 10. The predicted molar refractivity (Wildman–Crippen MR) is 147 cm³/mol. The van der Waals surface area contributed by atoms with E-state index in [1.165, 1.54) is 24.2 Å². The third kappa shape index (κ3) is 7.53. The molecule has 1 aromatic rings. The molecule has 1 saturated heterocycles. The molecule has 1 heterocycles. The molecule has 1 aromatic carbocycles. The zero-order valence-electron chi connectivity index (χ0n) is 24.3. The van der Waals surface area contributed by atoms with Crippen molar-refractivity contribution in [3.8, 4) is 0 Å². The number of nitrogens with zero attached hydrogens (tertiary/aromatic N) is 2. The molecule has 2 unspecified atom stereocenters. The first-order chi connectivity index (χ1) is 15.5. The van der Waals surface area contributed by atoms with Crippen molar-refractivity contribution in [1.82, 2.24) is 9.80 Å². The lowest BCUT2D eigenvalue weighted by atomic mass is 9.68. The lowest BCUT2D eigenvalue weighted by molar-refractivity contribution is -0.0386. The highest BCUT2D eigenvalue weighted by atomic mass is 16.5. The van der Waals surface area contributed by atoms with Gasteiger partial charge in [0.15, 0.2) is 0 Å². The van der Waals surface area contributed by atoms with E-state index < -0.39 is 0 Å². The normalized spacial score (nSPS) is 19.9. The molecule has 0 aromatic heterocycles. The standard InChI is InChI=1S/C30H55N3O/c1-23(2)32-17-19-33(20-18-32)24(3)22-28(7,8)30(11,31)16-21-34-29(9,10)26-14-12-25(13-15-26)27(4,5)6/h12-15,23-24H,16-22,31H2,1-11H3. The highest BCUT2D eigenvalue weighted by Gasteiger charge is 2.40. The number of benzene rings is 1. The molecule has 0 spiro atoms. The van der Waals surface area contributed by atoms with Gasteiger partial charge in [-0.05, 0) is 76.3 Å². The van der Waals surface area contributed by atoms with E-state index in [4.69, 9.17) is 10.5 Å². The number of piperazine rings is 1. The number of hydrogen-bond acceptors (Lipinski definition) is 4. The van der Waals surface area contributed by atoms with Gasteiger partial charge in [0.05, 0.1) is 5.60 Å². The summed E-state index contributed by atoms with van der Waals surface area (Å²) in [7, 11) is 0. The van der Waals surface area contributed by atoms with Crippen LogP contribution in [0, 0.1) is 5.41 Å². The first-order valence-corrected chi connectivity index (χ1v) is 13.5. The predicted octanol–water partition coefficient (Wildman–Crippen LogP) is 6.17. The Morgan fingerprint density at radius 2 is 1.26 bits per heavy atom. The average molecular weight is 474 g/mol. The van der Waals surface area contributed by atoms with Crippen molar-refractivity contribution in [2.75, 3.05) is 32.8 Å². The molecule has 34 heavy (non-hydrogen) atoms. The Morgan fingerprint density at radius 3 is 1.74 bits per heavy atom. The molecule has 2 atom stereocenters. The Morgan fingerprint density at radius 1 is 0.794 bits per heavy atom. The molecular weight excluding hydrogens is 418 g/mol. The second-order valence-corrected chi connectivity index (χ2v) is 13.5. The summed E-state index contributed by atoms with van der Waals surface area (Å²) in [5.41, 5.74) is 9.08. The van der Waals surface area contributed by atoms with Gasteiger partial charge in [0, 0.05) is 50.4 Å². The fourth-order valence-electron chi connectivity index (χ4n) is 5.11. The summed E-state index contributed by atoms with van der Waals surface area (Å²) in [5, 5.41) is 0. The molecule has 2 rings (SSSR count). The molecule has 0 aliphatic carbocycles. The van der Waals surface area contributed by atoms with Crippen molar-refractivity contribution in [2.24, 2.45) is 11.1 Å². The molecule has 0 amide bonds. The summed E-state index contributed by atoms with van der Waals surface area (Å²) in [6.45, 7) is 30.2. The van der Waals surface area contributed by atoms with Gasteiger partial charge in [0.25, 0.3) is 0 Å². The molecule has 2 N–H and O–H groups in total. The van der Waals surface area contributed by atoms with Crippen LogP contribution in [0.2, 0.25) is 0 Å². The first kappa shape index (κ1) is 29.3. The van der Waals surface area contributed by atoms with Gasteiger partial charge in [-0.25, -0.2) is 0 Å². The summed E-state index contributed by atoms with van der Waals surface area (Å²) in [4.78, 5) is 5.23. The third-order valence-corrected chi connectivity index (χ3v) is 8.58. The van der Waals surface area contributed by atoms with Crippen LogP contribution in [0.5, 0.6) is 0 Å². The van der Waals surface area contributed by atoms with E-state index in [-0.39, 0.29) is 22.0 Å². The zero-order chi connectivity index (χ0) is 25.9. The van der Waals surface area contributed by atoms with E-state index >= 15 is 0 Å². The van der Waals surface area contributed by atoms with Crippen LogP contribution in [-0.2, 0) is 15.8 Å². The van der Waals surface area contributed by atoms with Crippen LogP contribution < -0.4 is 5.73 Å².